The first-order valence-corrected chi connectivity index (χ1v) is 10.4. The highest BCUT2D eigenvalue weighted by atomic mass is 35.5. The summed E-state index contributed by atoms with van der Waals surface area (Å²) in [6.07, 6.45) is 1.01. The molecular weight excluding hydrogens is 372 g/mol. The molecule has 0 unspecified atom stereocenters. The van der Waals surface area contributed by atoms with Crippen molar-refractivity contribution in [2.75, 3.05) is 38.2 Å². The van der Waals surface area contributed by atoms with Crippen LogP contribution in [-0.2, 0) is 16.4 Å². The molecule has 1 heterocycles. The van der Waals surface area contributed by atoms with Gasteiger partial charge in [0.2, 0.25) is 10.0 Å². The number of hydrogen-bond acceptors (Lipinski definition) is 4. The molecule has 1 saturated heterocycles. The van der Waals surface area contributed by atoms with E-state index in [0.29, 0.717) is 37.0 Å². The third-order valence-electron chi connectivity index (χ3n) is 4.71. The van der Waals surface area contributed by atoms with Gasteiger partial charge in [-0.25, -0.2) is 8.42 Å². The Morgan fingerprint density at radius 3 is 2.23 bits per heavy atom. The average molecular weight is 395 g/mol. The van der Waals surface area contributed by atoms with Crippen LogP contribution in [0.15, 0.2) is 47.4 Å². The molecule has 0 N–H and O–H groups in total. The Kier molecular flexibility index (Phi) is 5.75. The van der Waals surface area contributed by atoms with E-state index in [9.17, 15) is 8.42 Å². The number of halogens is 1. The first kappa shape index (κ1) is 19.0. The Labute approximate surface area is 160 Å². The van der Waals surface area contributed by atoms with Crippen molar-refractivity contribution < 1.29 is 13.2 Å². The fourth-order valence-corrected chi connectivity index (χ4v) is 4.86. The van der Waals surface area contributed by atoms with E-state index < -0.39 is 10.0 Å². The van der Waals surface area contributed by atoms with Gasteiger partial charge in [0, 0.05) is 31.9 Å². The number of rotatable bonds is 5. The molecule has 0 radical (unpaired) electrons. The highest BCUT2D eigenvalue weighted by molar-refractivity contribution is 7.89. The lowest BCUT2D eigenvalue weighted by atomic mass is 10.1. The largest absolute Gasteiger partial charge is 0.495 e. The maximum atomic E-state index is 12.9. The molecule has 1 aliphatic rings. The molecule has 0 bridgehead atoms. The Balaban J connectivity index is 1.71. The number of anilines is 1. The molecular formula is C19H23ClN2O3S. The van der Waals surface area contributed by atoms with Crippen LogP contribution >= 0.6 is 11.6 Å². The van der Waals surface area contributed by atoms with Gasteiger partial charge >= 0.3 is 0 Å². The first-order chi connectivity index (χ1) is 12.5. The van der Waals surface area contributed by atoms with E-state index in [-0.39, 0.29) is 4.90 Å². The molecule has 0 aromatic heterocycles. The lowest BCUT2D eigenvalue weighted by Gasteiger charge is -2.35. The Morgan fingerprint density at radius 2 is 1.69 bits per heavy atom. The molecule has 1 aliphatic heterocycles. The third kappa shape index (κ3) is 3.82. The standard InChI is InChI=1S/C19H23ClN2O3S/c1-3-15-4-6-16(7-5-15)21-10-12-22(13-11-21)26(23,24)17-8-9-19(25-2)18(20)14-17/h4-9,14H,3,10-13H2,1-2H3. The van der Waals surface area contributed by atoms with E-state index in [0.717, 1.165) is 12.1 Å². The molecule has 26 heavy (non-hydrogen) atoms. The number of benzene rings is 2. The van der Waals surface area contributed by atoms with Crippen LogP contribution in [0.25, 0.3) is 0 Å². The summed E-state index contributed by atoms with van der Waals surface area (Å²) in [7, 11) is -2.06. The van der Waals surface area contributed by atoms with Gasteiger partial charge in [0.25, 0.3) is 0 Å². The van der Waals surface area contributed by atoms with Crippen molar-refractivity contribution in [3.8, 4) is 5.75 Å². The SMILES string of the molecule is CCc1ccc(N2CCN(S(=O)(=O)c3ccc(OC)c(Cl)c3)CC2)cc1. The van der Waals surface area contributed by atoms with Crippen molar-refractivity contribution in [3.63, 3.8) is 0 Å². The number of sulfonamides is 1. The zero-order chi connectivity index (χ0) is 18.7. The topological polar surface area (TPSA) is 49.9 Å². The monoisotopic (exact) mass is 394 g/mol. The van der Waals surface area contributed by atoms with Crippen molar-refractivity contribution in [1.82, 2.24) is 4.31 Å². The molecule has 2 aromatic carbocycles. The van der Waals surface area contributed by atoms with Crippen molar-refractivity contribution in [2.45, 2.75) is 18.2 Å². The van der Waals surface area contributed by atoms with Crippen LogP contribution in [0, 0.1) is 0 Å². The Bertz CT molecular complexity index is 861. The molecule has 1 fully saturated rings. The average Bonchev–Trinajstić information content (AvgIpc) is 2.68. The summed E-state index contributed by atoms with van der Waals surface area (Å²) in [5.41, 5.74) is 2.43. The van der Waals surface area contributed by atoms with E-state index in [2.05, 4.69) is 36.1 Å². The predicted molar refractivity (Wildman–Crippen MR) is 105 cm³/mol. The lowest BCUT2D eigenvalue weighted by molar-refractivity contribution is 0.384. The quantitative estimate of drug-likeness (QED) is 0.779. The number of methoxy groups -OCH3 is 1. The van der Waals surface area contributed by atoms with Gasteiger partial charge in [-0.2, -0.15) is 4.31 Å². The fourth-order valence-electron chi connectivity index (χ4n) is 3.09. The summed E-state index contributed by atoms with van der Waals surface area (Å²) >= 11 is 6.09. The molecule has 3 rings (SSSR count). The number of aryl methyl sites for hydroxylation is 1. The van der Waals surface area contributed by atoms with E-state index in [1.165, 1.54) is 29.1 Å². The number of piperazine rings is 1. The van der Waals surface area contributed by atoms with Crippen molar-refractivity contribution in [2.24, 2.45) is 0 Å². The lowest BCUT2D eigenvalue weighted by Crippen LogP contribution is -2.48. The maximum absolute atomic E-state index is 12.9. The molecule has 0 amide bonds. The number of ether oxygens (including phenoxy) is 1. The zero-order valence-corrected chi connectivity index (χ0v) is 16.6. The molecule has 0 atom stereocenters. The molecule has 7 heteroatoms. The van der Waals surface area contributed by atoms with Crippen molar-refractivity contribution in [1.29, 1.82) is 0 Å². The van der Waals surface area contributed by atoms with Gasteiger partial charge in [0.05, 0.1) is 17.0 Å². The first-order valence-electron chi connectivity index (χ1n) is 8.63. The fraction of sp³-hybridized carbons (Fsp3) is 0.368. The second-order valence-corrected chi connectivity index (χ2v) is 8.55. The molecule has 2 aromatic rings. The Hall–Kier alpha value is -1.76. The van der Waals surface area contributed by atoms with Crippen molar-refractivity contribution in [3.05, 3.63) is 53.1 Å². The summed E-state index contributed by atoms with van der Waals surface area (Å²) in [5, 5.41) is 0.295. The predicted octanol–water partition coefficient (Wildman–Crippen LogP) is 3.42. The molecule has 0 aliphatic carbocycles. The van der Waals surface area contributed by atoms with Crippen LogP contribution in [0.2, 0.25) is 5.02 Å². The van der Waals surface area contributed by atoms with Crippen LogP contribution in [-0.4, -0.2) is 46.0 Å². The van der Waals surface area contributed by atoms with E-state index in [1.807, 2.05) is 0 Å². The zero-order valence-electron chi connectivity index (χ0n) is 15.0. The summed E-state index contributed by atoms with van der Waals surface area (Å²) in [5.74, 6) is 0.464. The van der Waals surface area contributed by atoms with Crippen LogP contribution in [0.5, 0.6) is 5.75 Å². The van der Waals surface area contributed by atoms with Gasteiger partial charge in [0.1, 0.15) is 5.75 Å². The van der Waals surface area contributed by atoms with E-state index >= 15 is 0 Å². The van der Waals surface area contributed by atoms with Crippen LogP contribution < -0.4 is 9.64 Å². The highest BCUT2D eigenvalue weighted by Crippen LogP contribution is 2.29. The van der Waals surface area contributed by atoms with E-state index in [1.54, 1.807) is 6.07 Å². The van der Waals surface area contributed by atoms with Gasteiger partial charge in [-0.05, 0) is 42.3 Å². The molecule has 0 spiro atoms. The van der Waals surface area contributed by atoms with Gasteiger partial charge in [-0.3, -0.25) is 0 Å². The second-order valence-electron chi connectivity index (χ2n) is 6.21. The molecule has 140 valence electrons. The van der Waals surface area contributed by atoms with Crippen molar-refractivity contribution >= 4 is 27.3 Å². The minimum atomic E-state index is -3.56. The molecule has 0 saturated carbocycles. The number of nitrogens with zero attached hydrogens (tertiary/aromatic N) is 2. The minimum Gasteiger partial charge on any atom is -0.495 e. The number of hydrogen-bond donors (Lipinski definition) is 0. The highest BCUT2D eigenvalue weighted by Gasteiger charge is 2.29. The maximum Gasteiger partial charge on any atom is 0.243 e. The summed E-state index contributed by atoms with van der Waals surface area (Å²) < 4.78 is 32.4. The summed E-state index contributed by atoms with van der Waals surface area (Å²) in [4.78, 5) is 2.41. The second kappa shape index (κ2) is 7.86. The van der Waals surface area contributed by atoms with Crippen LogP contribution in [0.4, 0.5) is 5.69 Å². The van der Waals surface area contributed by atoms with Crippen LogP contribution in [0.1, 0.15) is 12.5 Å². The van der Waals surface area contributed by atoms with Crippen LogP contribution in [0.3, 0.4) is 0 Å². The van der Waals surface area contributed by atoms with E-state index in [4.69, 9.17) is 16.3 Å². The van der Waals surface area contributed by atoms with Gasteiger partial charge in [-0.15, -0.1) is 0 Å². The normalized spacial score (nSPS) is 15.9. The minimum absolute atomic E-state index is 0.198. The Morgan fingerprint density at radius 1 is 1.04 bits per heavy atom. The summed E-state index contributed by atoms with van der Waals surface area (Å²) in [6.45, 7) is 4.34. The smallest absolute Gasteiger partial charge is 0.243 e. The van der Waals surface area contributed by atoms with Gasteiger partial charge in [-0.1, -0.05) is 30.7 Å². The summed E-state index contributed by atoms with van der Waals surface area (Å²) in [6, 6.07) is 13.0. The van der Waals surface area contributed by atoms with Gasteiger partial charge in [0.15, 0.2) is 0 Å². The molecule has 5 nitrogen and oxygen atoms in total. The van der Waals surface area contributed by atoms with Gasteiger partial charge < -0.3 is 9.64 Å². The third-order valence-corrected chi connectivity index (χ3v) is 6.90.